The third-order valence-electron chi connectivity index (χ3n) is 2.92. The normalized spacial score (nSPS) is 22.0. The zero-order chi connectivity index (χ0) is 12.8. The molecular weight excluding hydrogens is 250 g/mol. The molecule has 1 aliphatic rings. The molecule has 0 amide bonds. The number of benzene rings is 2. The number of amidine groups is 1. The number of hydrogen-bond donors (Lipinski definition) is 2. The van der Waals surface area contributed by atoms with Gasteiger partial charge < -0.3 is 5.73 Å². The summed E-state index contributed by atoms with van der Waals surface area (Å²) in [4.78, 5) is 0. The van der Waals surface area contributed by atoms with E-state index in [-0.39, 0.29) is 5.84 Å². The lowest BCUT2D eigenvalue weighted by Gasteiger charge is -2.12. The van der Waals surface area contributed by atoms with Gasteiger partial charge in [0.1, 0.15) is 11.9 Å². The molecule has 3 rings (SSSR count). The maximum atomic E-state index is 11.4. The molecule has 0 spiro atoms. The van der Waals surface area contributed by atoms with Gasteiger partial charge in [-0.3, -0.25) is 0 Å². The van der Waals surface area contributed by atoms with Crippen molar-refractivity contribution in [3.05, 3.63) is 48.0 Å². The van der Waals surface area contributed by atoms with Crippen LogP contribution >= 0.6 is 0 Å². The number of rotatable bonds is 1. The molecule has 0 saturated carbocycles. The second-order valence-electron chi connectivity index (χ2n) is 4.11. The second kappa shape index (κ2) is 3.79. The van der Waals surface area contributed by atoms with Crippen LogP contribution < -0.4 is 10.5 Å². The monoisotopic (exact) mass is 261 g/mol. The highest BCUT2D eigenvalue weighted by atomic mass is 32.2. The van der Waals surface area contributed by atoms with Crippen molar-refractivity contribution in [2.45, 2.75) is 6.04 Å². The molecule has 92 valence electrons. The van der Waals surface area contributed by atoms with Gasteiger partial charge in [-0.15, -0.1) is 4.40 Å². The van der Waals surface area contributed by atoms with E-state index in [0.717, 1.165) is 16.3 Å². The van der Waals surface area contributed by atoms with Crippen LogP contribution in [0, 0.1) is 0 Å². The van der Waals surface area contributed by atoms with Crippen LogP contribution in [0.15, 0.2) is 46.9 Å². The first-order valence-electron chi connectivity index (χ1n) is 5.42. The Labute approximate surface area is 105 Å². The Hall–Kier alpha value is -1.92. The minimum absolute atomic E-state index is 0.0753. The molecule has 1 unspecified atom stereocenters. The van der Waals surface area contributed by atoms with Crippen LogP contribution in [-0.2, 0) is 10.2 Å². The third kappa shape index (κ3) is 1.75. The highest BCUT2D eigenvalue weighted by Crippen LogP contribution is 2.27. The third-order valence-corrected chi connectivity index (χ3v) is 3.91. The van der Waals surface area contributed by atoms with E-state index in [1.807, 2.05) is 42.5 Å². The Kier molecular flexibility index (Phi) is 2.36. The molecule has 6 heteroatoms. The van der Waals surface area contributed by atoms with Gasteiger partial charge in [0.15, 0.2) is 0 Å². The SMILES string of the molecule is NC1=NS(=O)(=O)NC1c1cccc2ccccc12. The molecule has 0 fully saturated rings. The van der Waals surface area contributed by atoms with Crippen molar-refractivity contribution in [3.63, 3.8) is 0 Å². The first kappa shape index (κ1) is 11.2. The zero-order valence-electron chi connectivity index (χ0n) is 9.37. The molecule has 18 heavy (non-hydrogen) atoms. The van der Waals surface area contributed by atoms with Crippen molar-refractivity contribution in [3.8, 4) is 0 Å². The van der Waals surface area contributed by atoms with Gasteiger partial charge in [-0.05, 0) is 16.3 Å². The van der Waals surface area contributed by atoms with Gasteiger partial charge in [0.2, 0.25) is 0 Å². The zero-order valence-corrected chi connectivity index (χ0v) is 10.2. The van der Waals surface area contributed by atoms with Gasteiger partial charge in [-0.25, -0.2) is 0 Å². The smallest absolute Gasteiger partial charge is 0.322 e. The lowest BCUT2D eigenvalue weighted by molar-refractivity contribution is 0.585. The molecule has 0 aromatic heterocycles. The van der Waals surface area contributed by atoms with Crippen molar-refractivity contribution in [2.24, 2.45) is 10.1 Å². The van der Waals surface area contributed by atoms with E-state index in [1.54, 1.807) is 0 Å². The Morgan fingerprint density at radius 2 is 1.83 bits per heavy atom. The van der Waals surface area contributed by atoms with Crippen LogP contribution in [0.1, 0.15) is 11.6 Å². The van der Waals surface area contributed by atoms with Crippen molar-refractivity contribution in [2.75, 3.05) is 0 Å². The molecule has 0 radical (unpaired) electrons. The summed E-state index contributed by atoms with van der Waals surface area (Å²) in [6, 6.07) is 12.8. The molecule has 0 saturated heterocycles. The number of nitrogens with two attached hydrogens (primary N) is 1. The molecule has 0 aliphatic carbocycles. The molecule has 2 aromatic rings. The van der Waals surface area contributed by atoms with Gasteiger partial charge in [0.25, 0.3) is 0 Å². The van der Waals surface area contributed by atoms with E-state index in [4.69, 9.17) is 5.73 Å². The molecule has 2 aromatic carbocycles. The summed E-state index contributed by atoms with van der Waals surface area (Å²) in [7, 11) is -3.65. The van der Waals surface area contributed by atoms with Gasteiger partial charge in [0, 0.05) is 0 Å². The molecule has 0 bridgehead atoms. The predicted octanol–water partition coefficient (Wildman–Crippen LogP) is 1.09. The standard InChI is InChI=1S/C12H11N3O2S/c13-12-11(14-18(16,17)15-12)10-7-3-5-8-4-1-2-6-9(8)10/h1-7,11,14H,(H2,13,15). The summed E-state index contributed by atoms with van der Waals surface area (Å²) in [5, 5.41) is 2.00. The number of hydrogen-bond acceptors (Lipinski definition) is 3. The van der Waals surface area contributed by atoms with Crippen molar-refractivity contribution in [1.29, 1.82) is 0 Å². The first-order valence-corrected chi connectivity index (χ1v) is 6.86. The van der Waals surface area contributed by atoms with Gasteiger partial charge in [-0.2, -0.15) is 13.1 Å². The summed E-state index contributed by atoms with van der Waals surface area (Å²) < 4.78 is 28.6. The largest absolute Gasteiger partial charge is 0.385 e. The number of fused-ring (bicyclic) bond motifs is 1. The lowest BCUT2D eigenvalue weighted by Crippen LogP contribution is -2.28. The molecule has 1 heterocycles. The highest BCUT2D eigenvalue weighted by molar-refractivity contribution is 7.88. The first-order chi connectivity index (χ1) is 8.57. The van der Waals surface area contributed by atoms with Crippen LogP contribution in [0.5, 0.6) is 0 Å². The Morgan fingerprint density at radius 1 is 1.11 bits per heavy atom. The van der Waals surface area contributed by atoms with Crippen LogP contribution in [0.4, 0.5) is 0 Å². The minimum Gasteiger partial charge on any atom is -0.385 e. The van der Waals surface area contributed by atoms with Crippen LogP contribution in [0.3, 0.4) is 0 Å². The fourth-order valence-corrected chi connectivity index (χ4v) is 3.13. The maximum absolute atomic E-state index is 11.4. The van der Waals surface area contributed by atoms with E-state index in [1.165, 1.54) is 0 Å². The lowest BCUT2D eigenvalue weighted by atomic mass is 9.99. The Morgan fingerprint density at radius 3 is 2.56 bits per heavy atom. The minimum atomic E-state index is -3.65. The van der Waals surface area contributed by atoms with Crippen molar-refractivity contribution < 1.29 is 8.42 Å². The highest BCUT2D eigenvalue weighted by Gasteiger charge is 2.30. The van der Waals surface area contributed by atoms with Crippen LogP contribution in [0.2, 0.25) is 0 Å². The molecular formula is C12H11N3O2S. The van der Waals surface area contributed by atoms with E-state index in [9.17, 15) is 8.42 Å². The van der Waals surface area contributed by atoms with Gasteiger partial charge >= 0.3 is 10.2 Å². The predicted molar refractivity (Wildman–Crippen MR) is 70.4 cm³/mol. The molecule has 5 nitrogen and oxygen atoms in total. The van der Waals surface area contributed by atoms with Crippen molar-refractivity contribution >= 4 is 26.8 Å². The fraction of sp³-hybridized carbons (Fsp3) is 0.0833. The topological polar surface area (TPSA) is 84.5 Å². The average molecular weight is 261 g/mol. The van der Waals surface area contributed by atoms with Crippen molar-refractivity contribution in [1.82, 2.24) is 4.72 Å². The Balaban J connectivity index is 2.20. The van der Waals surface area contributed by atoms with E-state index in [0.29, 0.717) is 0 Å². The van der Waals surface area contributed by atoms with Crippen LogP contribution in [0.25, 0.3) is 10.8 Å². The summed E-state index contributed by atoms with van der Waals surface area (Å²) in [6.07, 6.45) is 0. The van der Waals surface area contributed by atoms with Gasteiger partial charge in [0.05, 0.1) is 0 Å². The van der Waals surface area contributed by atoms with E-state index < -0.39 is 16.3 Å². The summed E-state index contributed by atoms with van der Waals surface area (Å²) in [6.45, 7) is 0. The average Bonchev–Trinajstić information content (AvgIpc) is 2.62. The fourth-order valence-electron chi connectivity index (χ4n) is 2.15. The number of nitrogens with zero attached hydrogens (tertiary/aromatic N) is 1. The second-order valence-corrected chi connectivity index (χ2v) is 5.48. The Bertz CT molecular complexity index is 748. The van der Waals surface area contributed by atoms with Gasteiger partial charge in [-0.1, -0.05) is 42.5 Å². The maximum Gasteiger partial charge on any atom is 0.322 e. The van der Waals surface area contributed by atoms with E-state index >= 15 is 0 Å². The summed E-state index contributed by atoms with van der Waals surface area (Å²) in [5.41, 5.74) is 6.50. The summed E-state index contributed by atoms with van der Waals surface area (Å²) in [5.74, 6) is 0.0753. The molecule has 3 N–H and O–H groups in total. The summed E-state index contributed by atoms with van der Waals surface area (Å²) >= 11 is 0. The molecule has 1 atom stereocenters. The number of nitrogens with one attached hydrogen (secondary N) is 1. The van der Waals surface area contributed by atoms with Crippen LogP contribution in [-0.4, -0.2) is 14.3 Å². The van der Waals surface area contributed by atoms with E-state index in [2.05, 4.69) is 9.12 Å². The quantitative estimate of drug-likeness (QED) is 0.805. The molecule has 1 aliphatic heterocycles.